The van der Waals surface area contributed by atoms with Crippen molar-refractivity contribution in [1.29, 1.82) is 0 Å². The Morgan fingerprint density at radius 3 is 2.24 bits per heavy atom. The molecule has 1 fully saturated rings. The molecule has 2 amide bonds. The fourth-order valence-corrected chi connectivity index (χ4v) is 3.15. The van der Waals surface area contributed by atoms with Gasteiger partial charge in [0.15, 0.2) is 0 Å². The summed E-state index contributed by atoms with van der Waals surface area (Å²) in [5, 5.41) is 4.88. The predicted octanol–water partition coefficient (Wildman–Crippen LogP) is 1.91. The monoisotopic (exact) mass is 360 g/mol. The average molecular weight is 361 g/mol. The van der Waals surface area contributed by atoms with E-state index in [4.69, 9.17) is 11.6 Å². The summed E-state index contributed by atoms with van der Waals surface area (Å²) in [6.45, 7) is 4.04. The number of carbonyl (C=O) groups excluding carboxylic acids is 2. The lowest BCUT2D eigenvalue weighted by atomic mass is 10.1. The number of piperazine rings is 1. The van der Waals surface area contributed by atoms with Gasteiger partial charge in [-0.15, -0.1) is 0 Å². The molecule has 25 heavy (non-hydrogen) atoms. The lowest BCUT2D eigenvalue weighted by Crippen LogP contribution is -2.51. The molecule has 0 unspecified atom stereocenters. The Balaban J connectivity index is 1.56. The summed E-state index contributed by atoms with van der Waals surface area (Å²) in [5.41, 5.74) is 2.35. The van der Waals surface area contributed by atoms with E-state index in [2.05, 4.69) is 5.10 Å². The molecule has 3 rings (SSSR count). The van der Waals surface area contributed by atoms with E-state index in [0.717, 1.165) is 11.3 Å². The van der Waals surface area contributed by atoms with Gasteiger partial charge in [-0.25, -0.2) is 0 Å². The van der Waals surface area contributed by atoms with Gasteiger partial charge in [-0.1, -0.05) is 23.7 Å². The number of aromatic nitrogens is 2. The minimum absolute atomic E-state index is 0.0344. The number of halogens is 1. The SMILES string of the molecule is Cc1cc(C(=O)N2CCN(C(=O)Cc3ccc(Cl)cc3)CC2)n(C)n1. The number of rotatable bonds is 3. The molecule has 0 spiro atoms. The molecular weight excluding hydrogens is 340 g/mol. The van der Waals surface area contributed by atoms with Crippen molar-refractivity contribution in [2.24, 2.45) is 7.05 Å². The van der Waals surface area contributed by atoms with Gasteiger partial charge in [0.25, 0.3) is 5.91 Å². The number of carbonyl (C=O) groups is 2. The van der Waals surface area contributed by atoms with Gasteiger partial charge in [-0.2, -0.15) is 5.10 Å². The molecule has 7 heteroatoms. The van der Waals surface area contributed by atoms with Crippen molar-refractivity contribution < 1.29 is 9.59 Å². The number of nitrogens with zero attached hydrogens (tertiary/aromatic N) is 4. The highest BCUT2D eigenvalue weighted by molar-refractivity contribution is 6.30. The van der Waals surface area contributed by atoms with Crippen molar-refractivity contribution in [3.63, 3.8) is 0 Å². The quantitative estimate of drug-likeness (QED) is 0.840. The third-order valence-corrected chi connectivity index (χ3v) is 4.66. The Morgan fingerprint density at radius 2 is 1.68 bits per heavy atom. The molecule has 0 atom stereocenters. The number of hydrogen-bond donors (Lipinski definition) is 0. The molecule has 1 aliphatic heterocycles. The molecule has 0 bridgehead atoms. The summed E-state index contributed by atoms with van der Waals surface area (Å²) in [6.07, 6.45) is 0.353. The summed E-state index contributed by atoms with van der Waals surface area (Å²) in [7, 11) is 1.77. The molecule has 1 aromatic heterocycles. The Hall–Kier alpha value is -2.34. The Bertz CT molecular complexity index is 777. The number of aryl methyl sites for hydroxylation is 2. The third kappa shape index (κ3) is 4.02. The zero-order valence-electron chi connectivity index (χ0n) is 14.4. The van der Waals surface area contributed by atoms with Gasteiger partial charge < -0.3 is 9.80 Å². The van der Waals surface area contributed by atoms with Gasteiger partial charge in [-0.05, 0) is 30.7 Å². The maximum atomic E-state index is 12.6. The van der Waals surface area contributed by atoms with Crippen LogP contribution in [-0.4, -0.2) is 57.6 Å². The van der Waals surface area contributed by atoms with E-state index >= 15 is 0 Å². The zero-order chi connectivity index (χ0) is 18.0. The molecular formula is C18H21ClN4O2. The standard InChI is InChI=1S/C18H21ClN4O2/c1-13-11-16(21(2)20-13)18(25)23-9-7-22(8-10-23)17(24)12-14-3-5-15(19)6-4-14/h3-6,11H,7-10,12H2,1-2H3. The summed E-state index contributed by atoms with van der Waals surface area (Å²) >= 11 is 5.87. The second-order valence-electron chi connectivity index (χ2n) is 6.27. The number of benzene rings is 1. The minimum atomic E-state index is -0.0344. The maximum Gasteiger partial charge on any atom is 0.272 e. The Labute approximate surface area is 152 Å². The molecule has 6 nitrogen and oxygen atoms in total. The molecule has 0 saturated carbocycles. The normalized spacial score (nSPS) is 14.7. The van der Waals surface area contributed by atoms with Gasteiger partial charge in [0.05, 0.1) is 12.1 Å². The van der Waals surface area contributed by atoms with Crippen molar-refractivity contribution in [3.8, 4) is 0 Å². The first-order valence-electron chi connectivity index (χ1n) is 8.26. The summed E-state index contributed by atoms with van der Waals surface area (Å²) in [6, 6.07) is 9.10. The van der Waals surface area contributed by atoms with Crippen LogP contribution in [0.5, 0.6) is 0 Å². The van der Waals surface area contributed by atoms with Crippen molar-refractivity contribution >= 4 is 23.4 Å². The van der Waals surface area contributed by atoms with E-state index < -0.39 is 0 Å². The van der Waals surface area contributed by atoms with Gasteiger partial charge in [-0.3, -0.25) is 14.3 Å². The summed E-state index contributed by atoms with van der Waals surface area (Å²) in [4.78, 5) is 28.6. The van der Waals surface area contributed by atoms with Crippen LogP contribution in [0.2, 0.25) is 5.02 Å². The van der Waals surface area contributed by atoms with Crippen molar-refractivity contribution in [2.75, 3.05) is 26.2 Å². The van der Waals surface area contributed by atoms with Crippen LogP contribution in [0.25, 0.3) is 0 Å². The van der Waals surface area contributed by atoms with E-state index in [1.807, 2.05) is 24.0 Å². The number of amides is 2. The van der Waals surface area contributed by atoms with Crippen LogP contribution in [0, 0.1) is 6.92 Å². The molecule has 132 valence electrons. The highest BCUT2D eigenvalue weighted by atomic mass is 35.5. The van der Waals surface area contributed by atoms with Crippen LogP contribution in [0.15, 0.2) is 30.3 Å². The molecule has 2 aromatic rings. The first-order valence-corrected chi connectivity index (χ1v) is 8.64. The molecule has 1 aliphatic rings. The van der Waals surface area contributed by atoms with Crippen molar-refractivity contribution in [2.45, 2.75) is 13.3 Å². The van der Waals surface area contributed by atoms with Gasteiger partial charge in [0.1, 0.15) is 5.69 Å². The van der Waals surface area contributed by atoms with E-state index in [9.17, 15) is 9.59 Å². The van der Waals surface area contributed by atoms with Crippen LogP contribution >= 0.6 is 11.6 Å². The zero-order valence-corrected chi connectivity index (χ0v) is 15.2. The first kappa shape index (κ1) is 17.5. The van der Waals surface area contributed by atoms with Gasteiger partial charge in [0.2, 0.25) is 5.91 Å². The highest BCUT2D eigenvalue weighted by Gasteiger charge is 2.26. The van der Waals surface area contributed by atoms with Crippen LogP contribution in [0.4, 0.5) is 0 Å². The van der Waals surface area contributed by atoms with Gasteiger partial charge >= 0.3 is 0 Å². The highest BCUT2D eigenvalue weighted by Crippen LogP contribution is 2.13. The fraction of sp³-hybridized carbons (Fsp3) is 0.389. The molecule has 2 heterocycles. The smallest absolute Gasteiger partial charge is 0.272 e. The van der Waals surface area contributed by atoms with Crippen LogP contribution in [0.1, 0.15) is 21.7 Å². The topological polar surface area (TPSA) is 58.4 Å². The summed E-state index contributed by atoms with van der Waals surface area (Å²) in [5.74, 6) is 0.0405. The molecule has 1 aromatic carbocycles. The molecule has 0 radical (unpaired) electrons. The third-order valence-electron chi connectivity index (χ3n) is 4.41. The lowest BCUT2D eigenvalue weighted by Gasteiger charge is -2.34. The number of hydrogen-bond acceptors (Lipinski definition) is 3. The fourth-order valence-electron chi connectivity index (χ4n) is 3.02. The largest absolute Gasteiger partial charge is 0.339 e. The maximum absolute atomic E-state index is 12.6. The minimum Gasteiger partial charge on any atom is -0.339 e. The van der Waals surface area contributed by atoms with Crippen LogP contribution in [-0.2, 0) is 18.3 Å². The Morgan fingerprint density at radius 1 is 1.08 bits per heavy atom. The van der Waals surface area contributed by atoms with Crippen molar-refractivity contribution in [1.82, 2.24) is 19.6 Å². The molecule has 0 aliphatic carbocycles. The molecule has 1 saturated heterocycles. The van der Waals surface area contributed by atoms with E-state index in [-0.39, 0.29) is 11.8 Å². The predicted molar refractivity (Wildman–Crippen MR) is 95.6 cm³/mol. The van der Waals surface area contributed by atoms with Crippen LogP contribution in [0.3, 0.4) is 0 Å². The van der Waals surface area contributed by atoms with E-state index in [0.29, 0.717) is 43.3 Å². The second-order valence-corrected chi connectivity index (χ2v) is 6.71. The first-order chi connectivity index (χ1) is 11.9. The van der Waals surface area contributed by atoms with Gasteiger partial charge in [0, 0.05) is 38.2 Å². The second kappa shape index (κ2) is 7.27. The van der Waals surface area contributed by atoms with E-state index in [1.165, 1.54) is 0 Å². The van der Waals surface area contributed by atoms with Crippen LogP contribution < -0.4 is 0 Å². The van der Waals surface area contributed by atoms with Crippen molar-refractivity contribution in [3.05, 3.63) is 52.3 Å². The lowest BCUT2D eigenvalue weighted by molar-refractivity contribution is -0.131. The summed E-state index contributed by atoms with van der Waals surface area (Å²) < 4.78 is 1.61. The average Bonchev–Trinajstić information content (AvgIpc) is 2.94. The molecule has 0 N–H and O–H groups in total. The van der Waals surface area contributed by atoms with E-state index in [1.54, 1.807) is 34.8 Å². The Kier molecular flexibility index (Phi) is 5.08.